The van der Waals surface area contributed by atoms with E-state index in [1.807, 2.05) is 0 Å². The molecule has 0 aromatic rings. The second kappa shape index (κ2) is 15.2. The van der Waals surface area contributed by atoms with Crippen LogP contribution in [-0.4, -0.2) is 62.3 Å². The van der Waals surface area contributed by atoms with Gasteiger partial charge in [-0.05, 0) is 125 Å². The first-order valence-corrected chi connectivity index (χ1v) is 17.3. The third-order valence-electron chi connectivity index (χ3n) is 12.6. The molecular formula is C36H74N2+2. The Morgan fingerprint density at radius 1 is 0.526 bits per heavy atom. The molecule has 226 valence electrons. The van der Waals surface area contributed by atoms with E-state index >= 15 is 0 Å². The maximum atomic E-state index is 2.53. The van der Waals surface area contributed by atoms with Crippen LogP contribution >= 0.6 is 0 Å². The molecule has 2 saturated carbocycles. The number of unbranched alkanes of at least 4 members (excludes halogenated alkanes) is 3. The van der Waals surface area contributed by atoms with E-state index in [1.165, 1.54) is 99.1 Å². The average Bonchev–Trinajstić information content (AvgIpc) is 3.39. The van der Waals surface area contributed by atoms with E-state index in [0.29, 0.717) is 0 Å². The molecule has 0 aromatic heterocycles. The highest BCUT2D eigenvalue weighted by Gasteiger charge is 2.37. The van der Waals surface area contributed by atoms with E-state index in [1.54, 1.807) is 0 Å². The summed E-state index contributed by atoms with van der Waals surface area (Å²) in [6.45, 7) is 22.6. The van der Waals surface area contributed by atoms with Crippen LogP contribution in [0.15, 0.2) is 0 Å². The van der Waals surface area contributed by atoms with E-state index in [0.717, 1.165) is 59.4 Å². The van der Waals surface area contributed by atoms with Crippen molar-refractivity contribution in [3.8, 4) is 0 Å². The fraction of sp³-hybridized carbons (Fsp3) is 1.00. The molecule has 2 rings (SSSR count). The van der Waals surface area contributed by atoms with Crippen LogP contribution in [0.1, 0.15) is 132 Å². The standard InChI is InChI=1S/C36H74N2/c1-27(2)33-21-17-29(5)35(33)23-19-31(7)37(9,10)25-15-13-14-16-26-38(11,12)32(8)20-24-36-30(6)18-22-34(36)28(3)4/h27-36H,13-26H2,1-12H3/q+2. The third-order valence-corrected chi connectivity index (χ3v) is 12.6. The topological polar surface area (TPSA) is 0 Å². The Hall–Kier alpha value is -0.0800. The molecule has 0 amide bonds. The summed E-state index contributed by atoms with van der Waals surface area (Å²) in [5.74, 6) is 7.50. The molecule has 0 heterocycles. The molecule has 0 aliphatic heterocycles. The summed E-state index contributed by atoms with van der Waals surface area (Å²) in [6, 6.07) is 1.56. The van der Waals surface area contributed by atoms with Gasteiger partial charge in [0.25, 0.3) is 0 Å². The first-order valence-electron chi connectivity index (χ1n) is 17.3. The van der Waals surface area contributed by atoms with E-state index in [9.17, 15) is 0 Å². The van der Waals surface area contributed by atoms with Gasteiger partial charge in [0, 0.05) is 0 Å². The van der Waals surface area contributed by atoms with Crippen molar-refractivity contribution in [2.24, 2.45) is 47.3 Å². The van der Waals surface area contributed by atoms with Crippen LogP contribution < -0.4 is 0 Å². The van der Waals surface area contributed by atoms with Crippen LogP contribution in [0.5, 0.6) is 0 Å². The first-order chi connectivity index (χ1) is 17.7. The van der Waals surface area contributed by atoms with Crippen molar-refractivity contribution in [2.45, 2.75) is 145 Å². The van der Waals surface area contributed by atoms with Crippen molar-refractivity contribution < 1.29 is 8.97 Å². The largest absolute Gasteiger partial charge is 0.326 e. The molecule has 2 aliphatic rings. The molecule has 2 fully saturated rings. The summed E-state index contributed by atoms with van der Waals surface area (Å²) in [4.78, 5) is 0. The van der Waals surface area contributed by atoms with Crippen LogP contribution in [0.4, 0.5) is 0 Å². The van der Waals surface area contributed by atoms with Crippen molar-refractivity contribution in [3.63, 3.8) is 0 Å². The highest BCUT2D eigenvalue weighted by Crippen LogP contribution is 2.45. The molecule has 0 radical (unpaired) electrons. The van der Waals surface area contributed by atoms with Crippen LogP contribution in [0.2, 0.25) is 0 Å². The van der Waals surface area contributed by atoms with Crippen molar-refractivity contribution in [3.05, 3.63) is 0 Å². The highest BCUT2D eigenvalue weighted by atomic mass is 15.3. The second-order valence-electron chi connectivity index (χ2n) is 16.5. The minimum absolute atomic E-state index is 0.782. The van der Waals surface area contributed by atoms with Gasteiger partial charge in [-0.15, -0.1) is 0 Å². The van der Waals surface area contributed by atoms with Gasteiger partial charge >= 0.3 is 0 Å². The molecule has 2 nitrogen and oxygen atoms in total. The van der Waals surface area contributed by atoms with Gasteiger partial charge in [0.2, 0.25) is 0 Å². The van der Waals surface area contributed by atoms with E-state index in [2.05, 4.69) is 83.6 Å². The van der Waals surface area contributed by atoms with E-state index in [-0.39, 0.29) is 0 Å². The number of quaternary nitrogens is 2. The molecule has 8 unspecified atom stereocenters. The van der Waals surface area contributed by atoms with Gasteiger partial charge in [-0.25, -0.2) is 0 Å². The highest BCUT2D eigenvalue weighted by molar-refractivity contribution is 4.85. The van der Waals surface area contributed by atoms with Gasteiger partial charge in [-0.1, -0.05) is 54.4 Å². The molecule has 8 atom stereocenters. The fourth-order valence-corrected chi connectivity index (χ4v) is 8.66. The summed E-state index contributed by atoms with van der Waals surface area (Å²) in [6.07, 6.45) is 17.2. The Bertz CT molecular complexity index is 594. The van der Waals surface area contributed by atoms with E-state index < -0.39 is 0 Å². The molecule has 38 heavy (non-hydrogen) atoms. The number of nitrogens with zero attached hydrogens (tertiary/aromatic N) is 2. The van der Waals surface area contributed by atoms with Crippen molar-refractivity contribution in [2.75, 3.05) is 41.3 Å². The van der Waals surface area contributed by atoms with E-state index in [4.69, 9.17) is 0 Å². The molecule has 2 aliphatic carbocycles. The quantitative estimate of drug-likeness (QED) is 0.129. The van der Waals surface area contributed by atoms with Crippen LogP contribution in [0, 0.1) is 47.3 Å². The number of hydrogen-bond donors (Lipinski definition) is 0. The van der Waals surface area contributed by atoms with Crippen molar-refractivity contribution >= 4 is 0 Å². The molecular weight excluding hydrogens is 460 g/mol. The zero-order valence-corrected chi connectivity index (χ0v) is 28.6. The maximum Gasteiger partial charge on any atom is 0.0857 e. The van der Waals surface area contributed by atoms with Gasteiger partial charge < -0.3 is 8.97 Å². The monoisotopic (exact) mass is 535 g/mol. The Kier molecular flexibility index (Phi) is 13.7. The van der Waals surface area contributed by atoms with Gasteiger partial charge in [0.05, 0.1) is 53.4 Å². The molecule has 0 spiro atoms. The Balaban J connectivity index is 1.65. The second-order valence-corrected chi connectivity index (χ2v) is 16.5. The van der Waals surface area contributed by atoms with Gasteiger partial charge in [0.1, 0.15) is 0 Å². The summed E-state index contributed by atoms with van der Waals surface area (Å²) >= 11 is 0. The number of rotatable bonds is 17. The normalized spacial score (nSPS) is 30.5. The maximum absolute atomic E-state index is 2.53. The van der Waals surface area contributed by atoms with Crippen LogP contribution in [0.3, 0.4) is 0 Å². The van der Waals surface area contributed by atoms with Gasteiger partial charge in [-0.3, -0.25) is 0 Å². The predicted octanol–water partition coefficient (Wildman–Crippen LogP) is 9.67. The summed E-state index contributed by atoms with van der Waals surface area (Å²) in [5, 5.41) is 0. The predicted molar refractivity (Wildman–Crippen MR) is 170 cm³/mol. The van der Waals surface area contributed by atoms with Crippen LogP contribution in [-0.2, 0) is 0 Å². The van der Waals surface area contributed by atoms with Gasteiger partial charge in [-0.2, -0.15) is 0 Å². The van der Waals surface area contributed by atoms with Crippen LogP contribution in [0.25, 0.3) is 0 Å². The summed E-state index contributed by atoms with van der Waals surface area (Å²) < 4.78 is 2.42. The Morgan fingerprint density at radius 2 is 0.868 bits per heavy atom. The van der Waals surface area contributed by atoms with Crippen molar-refractivity contribution in [1.29, 1.82) is 0 Å². The molecule has 0 saturated heterocycles. The lowest BCUT2D eigenvalue weighted by Crippen LogP contribution is -2.48. The number of hydrogen-bond acceptors (Lipinski definition) is 0. The first kappa shape index (κ1) is 34.1. The van der Waals surface area contributed by atoms with Gasteiger partial charge in [0.15, 0.2) is 0 Å². The fourth-order valence-electron chi connectivity index (χ4n) is 8.66. The lowest BCUT2D eigenvalue weighted by Gasteiger charge is -2.38. The smallest absolute Gasteiger partial charge is 0.0857 e. The zero-order chi connectivity index (χ0) is 28.7. The Morgan fingerprint density at radius 3 is 1.18 bits per heavy atom. The summed E-state index contributed by atoms with van der Waals surface area (Å²) in [7, 11) is 10.00. The minimum Gasteiger partial charge on any atom is -0.326 e. The molecule has 0 N–H and O–H groups in total. The lowest BCUT2D eigenvalue weighted by molar-refractivity contribution is -0.914. The molecule has 0 bridgehead atoms. The zero-order valence-electron chi connectivity index (χ0n) is 28.6. The molecule has 0 aromatic carbocycles. The SMILES string of the molecule is CC(C)C1CCC(C)C1CCC(C)[N+](C)(C)CCCCCC[N+](C)(C)C(C)CCC1C(C)CCC1C(C)C. The average molecular weight is 535 g/mol. The summed E-state index contributed by atoms with van der Waals surface area (Å²) in [5.41, 5.74) is 0. The third kappa shape index (κ3) is 9.78. The molecule has 2 heteroatoms. The minimum atomic E-state index is 0.782. The lowest BCUT2D eigenvalue weighted by atomic mass is 9.79. The Labute approximate surface area is 241 Å². The van der Waals surface area contributed by atoms with Crippen molar-refractivity contribution in [1.82, 2.24) is 0 Å².